The third-order valence-electron chi connectivity index (χ3n) is 5.08. The van der Waals surface area contributed by atoms with E-state index in [1.165, 1.54) is 6.08 Å². The smallest absolute Gasteiger partial charge is 0.247 e. The summed E-state index contributed by atoms with van der Waals surface area (Å²) in [5.41, 5.74) is 5.23. The molecule has 0 spiro atoms. The summed E-state index contributed by atoms with van der Waals surface area (Å²) in [6, 6.07) is 11.8. The Morgan fingerprint density at radius 1 is 1.17 bits per heavy atom. The molecule has 29 heavy (non-hydrogen) atoms. The molecule has 2 aromatic carbocycles. The quantitative estimate of drug-likeness (QED) is 0.467. The highest BCUT2D eigenvalue weighted by molar-refractivity contribution is 6.02. The van der Waals surface area contributed by atoms with E-state index in [2.05, 4.69) is 44.1 Å². The number of H-pyrrole nitrogens is 2. The third-order valence-corrected chi connectivity index (χ3v) is 5.08. The van der Waals surface area contributed by atoms with E-state index in [1.807, 2.05) is 24.3 Å². The van der Waals surface area contributed by atoms with Crippen molar-refractivity contribution in [3.05, 3.63) is 49.1 Å². The average molecular weight is 388 g/mol. The molecular formula is C21H20N6O2. The maximum absolute atomic E-state index is 11.6. The van der Waals surface area contributed by atoms with Crippen LogP contribution in [-0.2, 0) is 9.53 Å². The molecule has 2 aromatic heterocycles. The van der Waals surface area contributed by atoms with Crippen LogP contribution in [0, 0.1) is 0 Å². The van der Waals surface area contributed by atoms with E-state index in [9.17, 15) is 4.79 Å². The van der Waals surface area contributed by atoms with Gasteiger partial charge in [0.1, 0.15) is 5.69 Å². The first-order chi connectivity index (χ1) is 14.2. The van der Waals surface area contributed by atoms with Gasteiger partial charge in [-0.15, -0.1) is 0 Å². The largest absolute Gasteiger partial charge is 0.378 e. The molecular weight excluding hydrogens is 368 g/mol. The highest BCUT2D eigenvalue weighted by Crippen LogP contribution is 2.29. The number of carbonyl (C=O) groups is 1. The van der Waals surface area contributed by atoms with E-state index in [4.69, 9.17) is 9.72 Å². The zero-order valence-corrected chi connectivity index (χ0v) is 15.7. The molecule has 0 atom stereocenters. The van der Waals surface area contributed by atoms with E-state index in [0.29, 0.717) is 17.2 Å². The van der Waals surface area contributed by atoms with E-state index < -0.39 is 0 Å². The maximum Gasteiger partial charge on any atom is 0.247 e. The summed E-state index contributed by atoms with van der Waals surface area (Å²) < 4.78 is 5.44. The molecule has 3 heterocycles. The molecule has 1 fully saturated rings. The van der Waals surface area contributed by atoms with Crippen LogP contribution in [0.15, 0.2) is 49.1 Å². The monoisotopic (exact) mass is 388 g/mol. The van der Waals surface area contributed by atoms with Crippen molar-refractivity contribution in [2.75, 3.05) is 36.5 Å². The first kappa shape index (κ1) is 17.4. The molecule has 0 saturated carbocycles. The first-order valence-electron chi connectivity index (χ1n) is 9.45. The van der Waals surface area contributed by atoms with Gasteiger partial charge in [-0.3, -0.25) is 9.89 Å². The van der Waals surface area contributed by atoms with E-state index in [1.54, 1.807) is 0 Å². The molecule has 1 aliphatic rings. The van der Waals surface area contributed by atoms with Crippen molar-refractivity contribution in [2.24, 2.45) is 0 Å². The van der Waals surface area contributed by atoms with Crippen molar-refractivity contribution < 1.29 is 9.53 Å². The van der Waals surface area contributed by atoms with Gasteiger partial charge in [0.2, 0.25) is 5.91 Å². The molecule has 8 nitrogen and oxygen atoms in total. The Balaban J connectivity index is 1.52. The number of amides is 1. The molecule has 0 aliphatic carbocycles. The number of benzene rings is 2. The summed E-state index contributed by atoms with van der Waals surface area (Å²) >= 11 is 0. The summed E-state index contributed by atoms with van der Waals surface area (Å²) in [5, 5.41) is 11.1. The number of morpholine rings is 1. The van der Waals surface area contributed by atoms with Crippen molar-refractivity contribution in [3.63, 3.8) is 0 Å². The zero-order valence-electron chi connectivity index (χ0n) is 15.7. The number of ether oxygens (including phenoxy) is 1. The van der Waals surface area contributed by atoms with Crippen molar-refractivity contribution in [1.29, 1.82) is 0 Å². The van der Waals surface area contributed by atoms with Crippen LogP contribution < -0.4 is 10.2 Å². The number of aromatic nitrogens is 4. The standard InChI is InChI=1S/C21H20N6O2/c1-2-19(28)22-13-3-5-16-15(11-13)20(26-25-16)21-23-17-6-4-14(12-18(17)24-21)27-7-9-29-10-8-27/h2-6,11-12H,1,7-10H2,(H,22,28)(H,23,24)(H,25,26). The summed E-state index contributed by atoms with van der Waals surface area (Å²) in [7, 11) is 0. The predicted octanol–water partition coefficient (Wildman–Crippen LogP) is 3.07. The zero-order chi connectivity index (χ0) is 19.8. The van der Waals surface area contributed by atoms with E-state index >= 15 is 0 Å². The van der Waals surface area contributed by atoms with Crippen LogP contribution in [0.3, 0.4) is 0 Å². The van der Waals surface area contributed by atoms with Crippen molar-refractivity contribution in [1.82, 2.24) is 20.2 Å². The normalized spacial score (nSPS) is 14.4. The van der Waals surface area contributed by atoms with Crippen molar-refractivity contribution >= 4 is 39.2 Å². The van der Waals surface area contributed by atoms with Gasteiger partial charge >= 0.3 is 0 Å². The Labute approximate surface area is 166 Å². The van der Waals surface area contributed by atoms with Gasteiger partial charge in [0.05, 0.1) is 29.8 Å². The van der Waals surface area contributed by atoms with Crippen LogP contribution >= 0.6 is 0 Å². The van der Waals surface area contributed by atoms with E-state index in [0.717, 1.165) is 53.9 Å². The van der Waals surface area contributed by atoms with Gasteiger partial charge in [0.25, 0.3) is 0 Å². The fourth-order valence-corrected chi connectivity index (χ4v) is 3.59. The molecule has 4 aromatic rings. The Morgan fingerprint density at radius 2 is 2.03 bits per heavy atom. The van der Waals surface area contributed by atoms with Crippen LogP contribution in [0.1, 0.15) is 0 Å². The second-order valence-corrected chi connectivity index (χ2v) is 6.91. The first-order valence-corrected chi connectivity index (χ1v) is 9.45. The van der Waals surface area contributed by atoms with Gasteiger partial charge in [-0.25, -0.2) is 4.98 Å². The molecule has 146 valence electrons. The molecule has 0 unspecified atom stereocenters. The number of rotatable bonds is 4. The topological polar surface area (TPSA) is 98.9 Å². The minimum atomic E-state index is -0.256. The third kappa shape index (κ3) is 3.23. The van der Waals surface area contributed by atoms with Gasteiger partial charge < -0.3 is 19.9 Å². The molecule has 0 radical (unpaired) electrons. The number of aromatic amines is 2. The number of anilines is 2. The number of hydrogen-bond acceptors (Lipinski definition) is 5. The summed E-state index contributed by atoms with van der Waals surface area (Å²) in [6.07, 6.45) is 1.24. The van der Waals surface area contributed by atoms with Crippen molar-refractivity contribution in [3.8, 4) is 11.5 Å². The van der Waals surface area contributed by atoms with Crippen LogP contribution in [0.2, 0.25) is 0 Å². The fraction of sp³-hybridized carbons (Fsp3) is 0.190. The highest BCUT2D eigenvalue weighted by atomic mass is 16.5. The molecule has 1 aliphatic heterocycles. The van der Waals surface area contributed by atoms with Crippen LogP contribution in [-0.4, -0.2) is 52.4 Å². The lowest BCUT2D eigenvalue weighted by Gasteiger charge is -2.28. The van der Waals surface area contributed by atoms with Crippen LogP contribution in [0.4, 0.5) is 11.4 Å². The summed E-state index contributed by atoms with van der Waals surface area (Å²) in [6.45, 7) is 6.75. The Bertz CT molecular complexity index is 1220. The minimum absolute atomic E-state index is 0.256. The SMILES string of the molecule is C=CC(=O)Nc1ccc2[nH]nc(-c3nc4ccc(N5CCOCC5)cc4[nH]3)c2c1. The highest BCUT2D eigenvalue weighted by Gasteiger charge is 2.16. The Morgan fingerprint density at radius 3 is 2.86 bits per heavy atom. The number of hydrogen-bond donors (Lipinski definition) is 3. The summed E-state index contributed by atoms with van der Waals surface area (Å²) in [4.78, 5) is 22.0. The Hall–Kier alpha value is -3.65. The van der Waals surface area contributed by atoms with E-state index in [-0.39, 0.29) is 5.91 Å². The number of nitrogens with zero attached hydrogens (tertiary/aromatic N) is 3. The van der Waals surface area contributed by atoms with Gasteiger partial charge in [-0.1, -0.05) is 6.58 Å². The molecule has 0 bridgehead atoms. The van der Waals surface area contributed by atoms with Gasteiger partial charge in [-0.05, 0) is 42.5 Å². The lowest BCUT2D eigenvalue weighted by Crippen LogP contribution is -2.36. The lowest BCUT2D eigenvalue weighted by molar-refractivity contribution is -0.111. The predicted molar refractivity (Wildman–Crippen MR) is 113 cm³/mol. The summed E-state index contributed by atoms with van der Waals surface area (Å²) in [5.74, 6) is 0.423. The molecule has 3 N–H and O–H groups in total. The van der Waals surface area contributed by atoms with Crippen LogP contribution in [0.5, 0.6) is 0 Å². The molecule has 8 heteroatoms. The van der Waals surface area contributed by atoms with Gasteiger partial charge in [0, 0.05) is 29.9 Å². The second-order valence-electron chi connectivity index (χ2n) is 6.91. The lowest BCUT2D eigenvalue weighted by atomic mass is 10.2. The fourth-order valence-electron chi connectivity index (χ4n) is 3.59. The number of imidazole rings is 1. The van der Waals surface area contributed by atoms with Gasteiger partial charge in [-0.2, -0.15) is 5.10 Å². The number of fused-ring (bicyclic) bond motifs is 2. The molecule has 1 amide bonds. The second kappa shape index (κ2) is 7.06. The molecule has 1 saturated heterocycles. The van der Waals surface area contributed by atoms with Crippen molar-refractivity contribution in [2.45, 2.75) is 0 Å². The number of carbonyl (C=O) groups excluding carboxylic acids is 1. The number of nitrogens with one attached hydrogen (secondary N) is 3. The minimum Gasteiger partial charge on any atom is -0.378 e. The van der Waals surface area contributed by atoms with Gasteiger partial charge in [0.15, 0.2) is 5.82 Å². The molecule has 5 rings (SSSR count). The maximum atomic E-state index is 11.6. The average Bonchev–Trinajstić information content (AvgIpc) is 3.37. The van der Waals surface area contributed by atoms with Crippen LogP contribution in [0.25, 0.3) is 33.5 Å². The Kier molecular flexibility index (Phi) is 4.25.